The normalized spacial score (nSPS) is 10.6. The van der Waals surface area contributed by atoms with Gasteiger partial charge in [-0.05, 0) is 12.1 Å². The van der Waals surface area contributed by atoms with Gasteiger partial charge in [0.2, 0.25) is 0 Å². The summed E-state index contributed by atoms with van der Waals surface area (Å²) in [5.41, 5.74) is 0.0642. The van der Waals surface area contributed by atoms with Gasteiger partial charge in [-0.2, -0.15) is 12.7 Å². The Morgan fingerprint density at radius 3 is 2.36 bits per heavy atom. The van der Waals surface area contributed by atoms with E-state index in [0.29, 0.717) is 0 Å². The third kappa shape index (κ3) is 3.27. The first-order valence-electron chi connectivity index (χ1n) is 3.36. The molecular formula is C6H5N2O5S. The lowest BCUT2D eigenvalue weighted by Crippen LogP contribution is -2.18. The van der Waals surface area contributed by atoms with Crippen molar-refractivity contribution in [3.8, 4) is 0 Å². The summed E-state index contributed by atoms with van der Waals surface area (Å²) >= 11 is 0. The number of rotatable bonds is 4. The van der Waals surface area contributed by atoms with Crippen LogP contribution >= 0.6 is 0 Å². The Balaban J connectivity index is 2.74. The first-order chi connectivity index (χ1) is 6.49. The van der Waals surface area contributed by atoms with Crippen LogP contribution in [0.15, 0.2) is 30.3 Å². The minimum atomic E-state index is -4.51. The van der Waals surface area contributed by atoms with Gasteiger partial charge < -0.3 is 0 Å². The smallest absolute Gasteiger partial charge is 0.175 e. The summed E-state index contributed by atoms with van der Waals surface area (Å²) < 4.78 is 28.0. The summed E-state index contributed by atoms with van der Waals surface area (Å²) in [6, 6.07) is 7.49. The summed E-state index contributed by atoms with van der Waals surface area (Å²) in [7, 11) is -4.51. The van der Waals surface area contributed by atoms with Gasteiger partial charge in [0, 0.05) is 0 Å². The highest BCUT2D eigenvalue weighted by Crippen LogP contribution is 2.08. The Hall–Kier alpha value is -1.83. The van der Waals surface area contributed by atoms with Crippen molar-refractivity contribution in [3.63, 3.8) is 0 Å². The lowest BCUT2D eigenvalue weighted by molar-refractivity contribution is -0.711. The van der Waals surface area contributed by atoms with Gasteiger partial charge in [0.1, 0.15) is 0 Å². The molecular weight excluding hydrogens is 212 g/mol. The van der Waals surface area contributed by atoms with Crippen molar-refractivity contribution in [1.29, 1.82) is 0 Å². The second-order valence-corrected chi connectivity index (χ2v) is 3.34. The fraction of sp³-hybridized carbons (Fsp3) is 0. The van der Waals surface area contributed by atoms with Crippen LogP contribution in [0.3, 0.4) is 0 Å². The first-order valence-corrected chi connectivity index (χ1v) is 4.73. The van der Waals surface area contributed by atoms with E-state index in [4.69, 9.17) is 0 Å². The summed E-state index contributed by atoms with van der Waals surface area (Å²) in [4.78, 5) is 9.75. The molecule has 8 heteroatoms. The van der Waals surface area contributed by atoms with Crippen LogP contribution in [-0.4, -0.2) is 13.5 Å². The van der Waals surface area contributed by atoms with Gasteiger partial charge in [-0.25, -0.2) is 0 Å². The Labute approximate surface area is 79.7 Å². The Bertz CT molecular complexity index is 415. The molecule has 0 N–H and O–H groups in total. The molecule has 14 heavy (non-hydrogen) atoms. The van der Waals surface area contributed by atoms with E-state index in [1.165, 1.54) is 12.1 Å². The molecule has 7 nitrogen and oxygen atoms in total. The maximum atomic E-state index is 10.8. The van der Waals surface area contributed by atoms with Crippen molar-refractivity contribution in [1.82, 2.24) is 4.72 Å². The van der Waals surface area contributed by atoms with Gasteiger partial charge >= 0.3 is 15.4 Å². The molecule has 0 fully saturated rings. The van der Waals surface area contributed by atoms with Gasteiger partial charge in [0.25, 0.3) is 0 Å². The Morgan fingerprint density at radius 2 is 1.86 bits per heavy atom. The Morgan fingerprint density at radius 1 is 1.29 bits per heavy atom. The predicted molar refractivity (Wildman–Crippen MR) is 45.2 cm³/mol. The Kier molecular flexibility index (Phi) is 2.87. The van der Waals surface area contributed by atoms with E-state index in [1.807, 2.05) is 0 Å². The summed E-state index contributed by atoms with van der Waals surface area (Å²) in [5, 5.41) is 8.32. The lowest BCUT2D eigenvalue weighted by atomic mass is 10.3. The van der Waals surface area contributed by atoms with Crippen LogP contribution in [0.4, 0.5) is 5.69 Å². The third-order valence-electron chi connectivity index (χ3n) is 1.13. The maximum absolute atomic E-state index is 10.8. The number of nitrogens with zero attached hydrogens (tertiary/aromatic N) is 2. The molecule has 0 unspecified atom stereocenters. The molecule has 0 aliphatic heterocycles. The topological polar surface area (TPSA) is 101 Å². The second kappa shape index (κ2) is 3.92. The molecule has 1 radical (unpaired) electrons. The van der Waals surface area contributed by atoms with Crippen molar-refractivity contribution >= 4 is 16.0 Å². The molecule has 1 aromatic carbocycles. The molecule has 1 aromatic rings. The molecule has 0 aliphatic carbocycles. The van der Waals surface area contributed by atoms with Gasteiger partial charge in [-0.3, -0.25) is 0 Å². The van der Waals surface area contributed by atoms with Crippen molar-refractivity contribution in [3.05, 3.63) is 40.4 Å². The van der Waals surface area contributed by atoms with Crippen molar-refractivity contribution < 1.29 is 17.8 Å². The predicted octanol–water partition coefficient (Wildman–Crippen LogP) is 0.376. The van der Waals surface area contributed by atoms with Gasteiger partial charge in [0.05, 0.1) is 5.69 Å². The quantitative estimate of drug-likeness (QED) is 0.535. The molecule has 1 rings (SSSR count). The molecule has 0 saturated carbocycles. The summed E-state index contributed by atoms with van der Waals surface area (Å²) in [6.07, 6.45) is 0. The van der Waals surface area contributed by atoms with Gasteiger partial charge in [-0.1, -0.05) is 18.2 Å². The van der Waals surface area contributed by atoms with Crippen LogP contribution < -0.4 is 4.72 Å². The molecule has 0 saturated heterocycles. The zero-order valence-electron chi connectivity index (χ0n) is 6.73. The second-order valence-electron chi connectivity index (χ2n) is 2.15. The molecule has 0 heterocycles. The van der Waals surface area contributed by atoms with E-state index in [9.17, 15) is 18.5 Å². The third-order valence-corrected chi connectivity index (χ3v) is 1.87. The number of benzene rings is 1. The van der Waals surface area contributed by atoms with Crippen LogP contribution in [0.25, 0.3) is 0 Å². The average molecular weight is 217 g/mol. The van der Waals surface area contributed by atoms with Crippen molar-refractivity contribution in [2.75, 3.05) is 0 Å². The molecule has 0 aromatic heterocycles. The minimum absolute atomic E-state index is 0.0642. The largest absolute Gasteiger partial charge is 0.414 e. The summed E-state index contributed by atoms with van der Waals surface area (Å²) in [6.45, 7) is 0. The number of hydrogen-bond donors (Lipinski definition) is 0. The fourth-order valence-corrected chi connectivity index (χ4v) is 1.28. The van der Waals surface area contributed by atoms with Crippen LogP contribution in [0.1, 0.15) is 0 Å². The van der Waals surface area contributed by atoms with Gasteiger partial charge in [0.15, 0.2) is 0 Å². The van der Waals surface area contributed by atoms with E-state index in [-0.39, 0.29) is 5.69 Å². The molecule has 0 bridgehead atoms. The standard InChI is InChI=1S/C6H5N2O5S/c9-8(10)13-14(11,12)7-6-4-2-1-3-5-6/h1-5H. The molecule has 0 spiro atoms. The fourth-order valence-electron chi connectivity index (χ4n) is 0.712. The highest BCUT2D eigenvalue weighted by Gasteiger charge is 2.17. The van der Waals surface area contributed by atoms with Crippen molar-refractivity contribution in [2.24, 2.45) is 0 Å². The zero-order chi connectivity index (χ0) is 10.6. The molecule has 75 valence electrons. The van der Waals surface area contributed by atoms with Crippen LogP contribution in [0.2, 0.25) is 0 Å². The highest BCUT2D eigenvalue weighted by molar-refractivity contribution is 7.84. The van der Waals surface area contributed by atoms with Crippen LogP contribution in [-0.2, 0) is 14.6 Å². The van der Waals surface area contributed by atoms with Crippen LogP contribution in [0.5, 0.6) is 0 Å². The lowest BCUT2D eigenvalue weighted by Gasteiger charge is -2.00. The van der Waals surface area contributed by atoms with E-state index in [1.54, 1.807) is 18.2 Å². The highest BCUT2D eigenvalue weighted by atomic mass is 32.2. The van der Waals surface area contributed by atoms with E-state index < -0.39 is 15.4 Å². The SMILES string of the molecule is O=[N+]([O-])OS(=O)(=O)[N]c1ccccc1. The van der Waals surface area contributed by atoms with Crippen LogP contribution in [0, 0.1) is 10.1 Å². The molecule has 0 atom stereocenters. The average Bonchev–Trinajstić information content (AvgIpc) is 2.02. The minimum Gasteiger partial charge on any atom is -0.175 e. The molecule has 0 amide bonds. The first kappa shape index (κ1) is 10.3. The number of hydrogen-bond acceptors (Lipinski definition) is 5. The monoisotopic (exact) mass is 217 g/mol. The van der Waals surface area contributed by atoms with E-state index >= 15 is 0 Å². The zero-order valence-corrected chi connectivity index (χ0v) is 7.55. The van der Waals surface area contributed by atoms with Gasteiger partial charge in [-0.15, -0.1) is 14.8 Å². The van der Waals surface area contributed by atoms with Crippen molar-refractivity contribution in [2.45, 2.75) is 0 Å². The molecule has 0 aliphatic rings. The maximum Gasteiger partial charge on any atom is 0.414 e. The van der Waals surface area contributed by atoms with E-state index in [0.717, 1.165) is 0 Å². The van der Waals surface area contributed by atoms with E-state index in [2.05, 4.69) is 9.01 Å². The summed E-state index contributed by atoms with van der Waals surface area (Å²) in [5.74, 6) is 0.